The Morgan fingerprint density at radius 2 is 1.34 bits per heavy atom. The summed E-state index contributed by atoms with van der Waals surface area (Å²) in [4.78, 5) is 44.8. The average Bonchev–Trinajstić information content (AvgIpc) is 3.10. The highest BCUT2D eigenvalue weighted by molar-refractivity contribution is 8.00. The Hall–Kier alpha value is -5.05. The molecule has 0 spiro atoms. The van der Waals surface area contributed by atoms with Crippen LogP contribution >= 0.6 is 23.5 Å². The summed E-state index contributed by atoms with van der Waals surface area (Å²) < 4.78 is 0. The monoisotopic (exact) mass is 655 g/mol. The molecule has 5 aromatic rings. The molecule has 0 saturated carbocycles. The maximum Gasteiger partial charge on any atom is 0.272 e. The fraction of sp³-hybridized carbons (Fsp3) is 0.103. The summed E-state index contributed by atoms with van der Waals surface area (Å²) in [7, 11) is 0. The molecule has 1 heterocycles. The van der Waals surface area contributed by atoms with Crippen LogP contribution in [0.4, 0.5) is 17.1 Å². The molecule has 0 bridgehead atoms. The lowest BCUT2D eigenvalue weighted by molar-refractivity contribution is -0.115. The standard InChI is InChI=1S/C39H33N3O3S2/c1-26(2)28-18-16-27(17-19-28)24-32(41-38(44)29-10-4-3-5-11-29)39(45)40-30-20-22-31(23-21-30)46-25-37(43)42-33-12-6-8-14-35(33)47-36-15-9-7-13-34(36)42/h3-24,26H,25H2,1-2H3,(H,40,45)(H,41,44). The Morgan fingerprint density at radius 3 is 1.96 bits per heavy atom. The molecular weight excluding hydrogens is 623 g/mol. The fourth-order valence-corrected chi connectivity index (χ4v) is 6.91. The van der Waals surface area contributed by atoms with Crippen LogP contribution in [0, 0.1) is 0 Å². The van der Waals surface area contributed by atoms with Gasteiger partial charge in [0.05, 0.1) is 17.1 Å². The number of fused-ring (bicyclic) bond motifs is 2. The number of thioether (sulfide) groups is 1. The average molecular weight is 656 g/mol. The van der Waals surface area contributed by atoms with Gasteiger partial charge in [-0.2, -0.15) is 0 Å². The summed E-state index contributed by atoms with van der Waals surface area (Å²) in [5.74, 6) is -0.214. The first kappa shape index (κ1) is 31.9. The Kier molecular flexibility index (Phi) is 9.90. The minimum Gasteiger partial charge on any atom is -0.321 e. The van der Waals surface area contributed by atoms with Crippen LogP contribution in [0.1, 0.15) is 41.3 Å². The maximum absolute atomic E-state index is 13.6. The summed E-state index contributed by atoms with van der Waals surface area (Å²) in [6.45, 7) is 4.25. The van der Waals surface area contributed by atoms with E-state index in [0.29, 0.717) is 17.2 Å². The van der Waals surface area contributed by atoms with E-state index in [1.54, 1.807) is 59.1 Å². The minimum atomic E-state index is -0.446. The highest BCUT2D eigenvalue weighted by Gasteiger charge is 2.27. The molecule has 2 N–H and O–H groups in total. The third-order valence-electron chi connectivity index (χ3n) is 7.60. The highest BCUT2D eigenvalue weighted by atomic mass is 32.2. The van der Waals surface area contributed by atoms with Crippen LogP contribution in [-0.4, -0.2) is 23.5 Å². The predicted octanol–water partition coefficient (Wildman–Crippen LogP) is 9.14. The third kappa shape index (κ3) is 7.68. The minimum absolute atomic E-state index is 0.0158. The molecule has 0 aromatic heterocycles. The van der Waals surface area contributed by atoms with Crippen molar-refractivity contribution in [3.63, 3.8) is 0 Å². The van der Waals surface area contributed by atoms with Gasteiger partial charge in [-0.25, -0.2) is 0 Å². The van der Waals surface area contributed by atoms with Crippen LogP contribution in [0.3, 0.4) is 0 Å². The largest absolute Gasteiger partial charge is 0.321 e. The number of benzene rings is 5. The number of para-hydroxylation sites is 2. The van der Waals surface area contributed by atoms with Gasteiger partial charge in [-0.15, -0.1) is 11.8 Å². The molecule has 0 fully saturated rings. The third-order valence-corrected chi connectivity index (χ3v) is 9.73. The fourth-order valence-electron chi connectivity index (χ4n) is 5.10. The molecule has 0 aliphatic carbocycles. The number of rotatable bonds is 9. The zero-order valence-corrected chi connectivity index (χ0v) is 27.6. The number of amides is 3. The Morgan fingerprint density at radius 1 is 0.745 bits per heavy atom. The quantitative estimate of drug-likeness (QED) is 0.122. The zero-order valence-electron chi connectivity index (χ0n) is 26.0. The number of carbonyl (C=O) groups is 3. The number of carbonyl (C=O) groups excluding carboxylic acids is 3. The van der Waals surface area contributed by atoms with Crippen molar-refractivity contribution in [2.45, 2.75) is 34.5 Å². The van der Waals surface area contributed by atoms with E-state index in [2.05, 4.69) is 24.5 Å². The first-order chi connectivity index (χ1) is 22.9. The molecule has 1 aliphatic rings. The van der Waals surface area contributed by atoms with E-state index < -0.39 is 5.91 Å². The van der Waals surface area contributed by atoms with Gasteiger partial charge in [-0.3, -0.25) is 19.3 Å². The number of hydrogen-bond acceptors (Lipinski definition) is 5. The van der Waals surface area contributed by atoms with E-state index in [1.807, 2.05) is 91.0 Å². The van der Waals surface area contributed by atoms with Crippen molar-refractivity contribution >= 4 is 64.4 Å². The highest BCUT2D eigenvalue weighted by Crippen LogP contribution is 2.48. The second-order valence-corrected chi connectivity index (χ2v) is 13.4. The van der Waals surface area contributed by atoms with Crippen molar-refractivity contribution in [3.8, 4) is 0 Å². The predicted molar refractivity (Wildman–Crippen MR) is 192 cm³/mol. The van der Waals surface area contributed by atoms with Gasteiger partial charge in [0, 0.05) is 25.9 Å². The van der Waals surface area contributed by atoms with Gasteiger partial charge in [-0.05, 0) is 83.8 Å². The Balaban J connectivity index is 1.14. The van der Waals surface area contributed by atoms with Crippen LogP contribution in [0.5, 0.6) is 0 Å². The molecule has 8 heteroatoms. The molecule has 47 heavy (non-hydrogen) atoms. The number of anilines is 3. The van der Waals surface area contributed by atoms with Gasteiger partial charge in [0.2, 0.25) is 5.91 Å². The lowest BCUT2D eigenvalue weighted by atomic mass is 10.0. The normalized spacial score (nSPS) is 12.2. The maximum atomic E-state index is 13.6. The number of hydrogen-bond donors (Lipinski definition) is 2. The van der Waals surface area contributed by atoms with E-state index >= 15 is 0 Å². The topological polar surface area (TPSA) is 78.5 Å². The first-order valence-corrected chi connectivity index (χ1v) is 17.1. The van der Waals surface area contributed by atoms with Crippen molar-refractivity contribution in [1.82, 2.24) is 5.32 Å². The van der Waals surface area contributed by atoms with Gasteiger partial charge in [0.15, 0.2) is 0 Å². The van der Waals surface area contributed by atoms with Crippen molar-refractivity contribution in [2.24, 2.45) is 0 Å². The van der Waals surface area contributed by atoms with Crippen LogP contribution in [-0.2, 0) is 9.59 Å². The molecule has 6 rings (SSSR count). The summed E-state index contributed by atoms with van der Waals surface area (Å²) in [6.07, 6.45) is 1.67. The Bertz CT molecular complexity index is 1890. The molecule has 6 nitrogen and oxygen atoms in total. The van der Waals surface area contributed by atoms with Gasteiger partial charge < -0.3 is 10.6 Å². The molecular formula is C39H33N3O3S2. The molecule has 0 atom stereocenters. The van der Waals surface area contributed by atoms with Gasteiger partial charge in [0.1, 0.15) is 5.70 Å². The van der Waals surface area contributed by atoms with Crippen LogP contribution in [0.2, 0.25) is 0 Å². The molecule has 1 aliphatic heterocycles. The first-order valence-electron chi connectivity index (χ1n) is 15.3. The van der Waals surface area contributed by atoms with Crippen molar-refractivity contribution in [2.75, 3.05) is 16.0 Å². The van der Waals surface area contributed by atoms with Gasteiger partial charge in [0.25, 0.3) is 11.8 Å². The van der Waals surface area contributed by atoms with E-state index in [9.17, 15) is 14.4 Å². The van der Waals surface area contributed by atoms with Crippen LogP contribution in [0.15, 0.2) is 148 Å². The smallest absolute Gasteiger partial charge is 0.272 e. The summed E-state index contributed by atoms with van der Waals surface area (Å²) >= 11 is 3.10. The zero-order chi connectivity index (χ0) is 32.8. The second-order valence-electron chi connectivity index (χ2n) is 11.2. The van der Waals surface area contributed by atoms with Gasteiger partial charge in [-0.1, -0.05) is 92.3 Å². The molecule has 0 saturated heterocycles. The van der Waals surface area contributed by atoms with Gasteiger partial charge >= 0.3 is 0 Å². The van der Waals surface area contributed by atoms with Crippen molar-refractivity contribution in [3.05, 3.63) is 150 Å². The van der Waals surface area contributed by atoms with E-state index in [0.717, 1.165) is 31.6 Å². The van der Waals surface area contributed by atoms with E-state index in [4.69, 9.17) is 0 Å². The second kappa shape index (κ2) is 14.6. The van der Waals surface area contributed by atoms with E-state index in [-0.39, 0.29) is 23.3 Å². The molecule has 0 radical (unpaired) electrons. The van der Waals surface area contributed by atoms with Crippen LogP contribution in [0.25, 0.3) is 6.08 Å². The lowest BCUT2D eigenvalue weighted by Gasteiger charge is -2.31. The number of nitrogens with one attached hydrogen (secondary N) is 2. The molecule has 234 valence electrons. The summed E-state index contributed by atoms with van der Waals surface area (Å²) in [5.41, 5.74) is 4.90. The van der Waals surface area contributed by atoms with Crippen molar-refractivity contribution in [1.29, 1.82) is 0 Å². The molecule has 3 amide bonds. The lowest BCUT2D eigenvalue weighted by Crippen LogP contribution is -2.30. The molecule has 0 unspecified atom stereocenters. The van der Waals surface area contributed by atoms with Crippen molar-refractivity contribution < 1.29 is 14.4 Å². The Labute approximate surface area is 283 Å². The van der Waals surface area contributed by atoms with Crippen LogP contribution < -0.4 is 15.5 Å². The molecule has 5 aromatic carbocycles. The SMILES string of the molecule is CC(C)c1ccc(C=C(NC(=O)c2ccccc2)C(=O)Nc2ccc(SCC(=O)N3c4ccccc4Sc4ccccc43)cc2)cc1. The number of nitrogens with zero attached hydrogens (tertiary/aromatic N) is 1. The van der Waals surface area contributed by atoms with E-state index in [1.165, 1.54) is 17.3 Å². The summed E-state index contributed by atoms with van der Waals surface area (Å²) in [6, 6.07) is 39.9. The summed E-state index contributed by atoms with van der Waals surface area (Å²) in [5, 5.41) is 5.70.